The molecule has 0 amide bonds. The second-order valence-corrected chi connectivity index (χ2v) is 9.46. The van der Waals surface area contributed by atoms with Crippen LogP contribution in [0.4, 0.5) is 0 Å². The minimum absolute atomic E-state index is 0.285. The van der Waals surface area contributed by atoms with Crippen LogP contribution in [0, 0.1) is 10.8 Å². The van der Waals surface area contributed by atoms with Crippen molar-refractivity contribution < 1.29 is 4.74 Å². The third kappa shape index (κ3) is 5.54. The molecule has 0 saturated carbocycles. The van der Waals surface area contributed by atoms with Crippen LogP contribution in [-0.4, -0.2) is 61.3 Å². The van der Waals surface area contributed by atoms with Gasteiger partial charge in [-0.2, -0.15) is 0 Å². The molecule has 2 bridgehead atoms. The summed E-state index contributed by atoms with van der Waals surface area (Å²) in [6, 6.07) is 1.59. The van der Waals surface area contributed by atoms with Crippen LogP contribution < -0.4 is 0 Å². The number of nitrogens with zero attached hydrogens (tertiary/aromatic N) is 2. The topological polar surface area (TPSA) is 15.7 Å². The van der Waals surface area contributed by atoms with E-state index in [1.165, 1.54) is 32.5 Å². The highest BCUT2D eigenvalue weighted by Gasteiger charge is 2.42. The van der Waals surface area contributed by atoms with E-state index in [2.05, 4.69) is 51.3 Å². The largest absolute Gasteiger partial charge is 0.380 e. The highest BCUT2D eigenvalue weighted by Crippen LogP contribution is 2.32. The molecular formula is C18H36N2O. The van der Waals surface area contributed by atoms with Gasteiger partial charge in [-0.15, -0.1) is 0 Å². The Labute approximate surface area is 132 Å². The quantitative estimate of drug-likeness (QED) is 0.700. The highest BCUT2D eigenvalue weighted by molar-refractivity contribution is 4.99. The van der Waals surface area contributed by atoms with Crippen molar-refractivity contribution in [1.82, 2.24) is 9.80 Å². The minimum Gasteiger partial charge on any atom is -0.380 e. The molecule has 2 heterocycles. The van der Waals surface area contributed by atoms with Crippen molar-refractivity contribution in [2.45, 2.75) is 66.5 Å². The summed E-state index contributed by atoms with van der Waals surface area (Å²) in [6.07, 6.45) is 2.69. The van der Waals surface area contributed by atoms with Crippen LogP contribution in [-0.2, 0) is 4.74 Å². The lowest BCUT2D eigenvalue weighted by Gasteiger charge is -2.35. The zero-order chi connectivity index (χ0) is 15.7. The van der Waals surface area contributed by atoms with Gasteiger partial charge in [0.15, 0.2) is 0 Å². The molecule has 3 nitrogen and oxygen atoms in total. The molecule has 2 unspecified atom stereocenters. The van der Waals surface area contributed by atoms with Gasteiger partial charge in [-0.05, 0) is 30.2 Å². The molecule has 0 N–H and O–H groups in total. The number of ether oxygens (including phenoxy) is 1. The number of rotatable bonds is 6. The zero-order valence-electron chi connectivity index (χ0n) is 15.1. The molecular weight excluding hydrogens is 260 g/mol. The summed E-state index contributed by atoms with van der Waals surface area (Å²) in [5.41, 5.74) is 0.746. The van der Waals surface area contributed by atoms with E-state index in [1.807, 2.05) is 0 Å². The summed E-state index contributed by atoms with van der Waals surface area (Å²) in [4.78, 5) is 5.38. The highest BCUT2D eigenvalue weighted by atomic mass is 16.5. The zero-order valence-corrected chi connectivity index (χ0v) is 15.1. The van der Waals surface area contributed by atoms with Crippen molar-refractivity contribution in [3.63, 3.8) is 0 Å². The van der Waals surface area contributed by atoms with Gasteiger partial charge in [-0.1, -0.05) is 41.5 Å². The Bertz CT molecular complexity index is 329. The number of hydrogen-bond donors (Lipinski definition) is 0. The van der Waals surface area contributed by atoms with Crippen LogP contribution in [0.2, 0.25) is 0 Å². The number of fused-ring (bicyclic) bond motifs is 2. The molecule has 3 heteroatoms. The maximum Gasteiger partial charge on any atom is 0.0593 e. The fourth-order valence-electron chi connectivity index (χ4n) is 3.42. The lowest BCUT2D eigenvalue weighted by Crippen LogP contribution is -2.47. The Hall–Kier alpha value is -0.120. The smallest absolute Gasteiger partial charge is 0.0593 e. The Morgan fingerprint density at radius 1 is 0.857 bits per heavy atom. The molecule has 0 aromatic heterocycles. The first-order valence-electron chi connectivity index (χ1n) is 8.70. The maximum atomic E-state index is 5.83. The first-order chi connectivity index (χ1) is 9.64. The van der Waals surface area contributed by atoms with Crippen LogP contribution >= 0.6 is 0 Å². The summed E-state index contributed by atoms with van der Waals surface area (Å²) in [5.74, 6) is 0. The molecule has 2 atom stereocenters. The predicted molar refractivity (Wildman–Crippen MR) is 89.7 cm³/mol. The summed E-state index contributed by atoms with van der Waals surface area (Å²) < 4.78 is 5.83. The van der Waals surface area contributed by atoms with E-state index in [-0.39, 0.29) is 5.41 Å². The fourth-order valence-corrected chi connectivity index (χ4v) is 3.42. The summed E-state index contributed by atoms with van der Waals surface area (Å²) in [7, 11) is 0. The van der Waals surface area contributed by atoms with Crippen molar-refractivity contribution in [1.29, 1.82) is 0 Å². The van der Waals surface area contributed by atoms with E-state index in [0.717, 1.165) is 31.8 Å². The normalized spacial score (nSPS) is 27.7. The molecule has 2 saturated heterocycles. The molecule has 2 fully saturated rings. The number of piperazine rings is 1. The van der Waals surface area contributed by atoms with Gasteiger partial charge < -0.3 is 4.74 Å². The Balaban J connectivity index is 1.64. The minimum atomic E-state index is 0.285. The van der Waals surface area contributed by atoms with Gasteiger partial charge in [0.25, 0.3) is 0 Å². The maximum absolute atomic E-state index is 5.83. The van der Waals surface area contributed by atoms with Crippen LogP contribution in [0.15, 0.2) is 0 Å². The molecule has 0 spiro atoms. The van der Waals surface area contributed by atoms with E-state index < -0.39 is 0 Å². The van der Waals surface area contributed by atoms with Crippen molar-refractivity contribution in [3.05, 3.63) is 0 Å². The molecule has 124 valence electrons. The van der Waals surface area contributed by atoms with Gasteiger partial charge in [-0.25, -0.2) is 0 Å². The van der Waals surface area contributed by atoms with Gasteiger partial charge in [0.2, 0.25) is 0 Å². The average molecular weight is 296 g/mol. The second-order valence-electron chi connectivity index (χ2n) is 9.46. The predicted octanol–water partition coefficient (Wildman–Crippen LogP) is 3.24. The van der Waals surface area contributed by atoms with Crippen molar-refractivity contribution >= 4 is 0 Å². The summed E-state index contributed by atoms with van der Waals surface area (Å²) in [6.45, 7) is 20.4. The summed E-state index contributed by atoms with van der Waals surface area (Å²) >= 11 is 0. The monoisotopic (exact) mass is 296 g/mol. The van der Waals surface area contributed by atoms with E-state index in [1.54, 1.807) is 0 Å². The van der Waals surface area contributed by atoms with Gasteiger partial charge in [0, 0.05) is 31.7 Å². The van der Waals surface area contributed by atoms with Crippen molar-refractivity contribution in [2.24, 2.45) is 10.8 Å². The van der Waals surface area contributed by atoms with E-state index in [9.17, 15) is 0 Å². The SMILES string of the molecule is CC(C)(C)CCN1CC2CC1CN2CCOCC(C)(C)C. The van der Waals surface area contributed by atoms with Gasteiger partial charge in [-0.3, -0.25) is 9.80 Å². The molecule has 21 heavy (non-hydrogen) atoms. The molecule has 0 aromatic carbocycles. The second kappa shape index (κ2) is 6.55. The lowest BCUT2D eigenvalue weighted by molar-refractivity contribution is 0.0398. The van der Waals surface area contributed by atoms with E-state index in [4.69, 9.17) is 4.74 Å². The van der Waals surface area contributed by atoms with Crippen LogP contribution in [0.3, 0.4) is 0 Å². The van der Waals surface area contributed by atoms with Crippen molar-refractivity contribution in [2.75, 3.05) is 39.4 Å². The Kier molecular flexibility index (Phi) is 5.38. The first kappa shape index (κ1) is 17.2. The Morgan fingerprint density at radius 2 is 1.43 bits per heavy atom. The van der Waals surface area contributed by atoms with Gasteiger partial charge in [0.1, 0.15) is 0 Å². The van der Waals surface area contributed by atoms with Crippen molar-refractivity contribution in [3.8, 4) is 0 Å². The molecule has 2 rings (SSSR count). The molecule has 0 aromatic rings. The molecule has 2 aliphatic heterocycles. The average Bonchev–Trinajstić information content (AvgIpc) is 2.89. The van der Waals surface area contributed by atoms with Crippen LogP contribution in [0.25, 0.3) is 0 Å². The fraction of sp³-hybridized carbons (Fsp3) is 1.00. The first-order valence-corrected chi connectivity index (χ1v) is 8.70. The molecule has 2 aliphatic rings. The van der Waals surface area contributed by atoms with Crippen LogP contribution in [0.1, 0.15) is 54.4 Å². The van der Waals surface area contributed by atoms with Gasteiger partial charge >= 0.3 is 0 Å². The van der Waals surface area contributed by atoms with E-state index in [0.29, 0.717) is 5.41 Å². The Morgan fingerprint density at radius 3 is 1.90 bits per heavy atom. The molecule has 0 aliphatic carbocycles. The van der Waals surface area contributed by atoms with E-state index >= 15 is 0 Å². The standard InChI is InChI=1S/C18H36N2O/c1-17(2,3)7-8-19-12-16-11-15(19)13-20(16)9-10-21-14-18(4,5)6/h15-16H,7-14H2,1-6H3. The van der Waals surface area contributed by atoms with Gasteiger partial charge in [0.05, 0.1) is 13.2 Å². The number of likely N-dealkylation sites (tertiary alicyclic amines) is 2. The van der Waals surface area contributed by atoms with Crippen LogP contribution in [0.5, 0.6) is 0 Å². The third-order valence-electron chi connectivity index (χ3n) is 4.67. The lowest BCUT2D eigenvalue weighted by atomic mass is 9.92. The summed E-state index contributed by atoms with van der Waals surface area (Å²) in [5, 5.41) is 0. The number of hydrogen-bond acceptors (Lipinski definition) is 3. The third-order valence-corrected chi connectivity index (χ3v) is 4.67. The molecule has 0 radical (unpaired) electrons.